The Morgan fingerprint density at radius 1 is 1.03 bits per heavy atom. The molecule has 0 aliphatic carbocycles. The maximum absolute atomic E-state index is 13.1. The van der Waals surface area contributed by atoms with Gasteiger partial charge in [-0.2, -0.15) is 10.2 Å². The molecule has 34 heavy (non-hydrogen) atoms. The van der Waals surface area contributed by atoms with Crippen molar-refractivity contribution in [2.75, 3.05) is 5.32 Å². The molecule has 2 heterocycles. The van der Waals surface area contributed by atoms with Crippen molar-refractivity contribution in [2.45, 2.75) is 39.5 Å². The molecule has 0 unspecified atom stereocenters. The third-order valence-electron chi connectivity index (χ3n) is 5.16. The first kappa shape index (κ1) is 23.7. The SMILES string of the molecule is CC(C)(C)c1ccc(OCn2ccc(C(=O)Nc3nn(Cc4ccc(F)cc4)cc3Br)n2)cc1. The number of nitrogens with zero attached hydrogens (tertiary/aromatic N) is 4. The van der Waals surface area contributed by atoms with E-state index in [2.05, 4.69) is 52.2 Å². The quantitative estimate of drug-likeness (QED) is 0.340. The van der Waals surface area contributed by atoms with Crippen LogP contribution < -0.4 is 10.1 Å². The lowest BCUT2D eigenvalue weighted by atomic mass is 9.87. The minimum Gasteiger partial charge on any atom is -0.471 e. The van der Waals surface area contributed by atoms with Crippen molar-refractivity contribution >= 4 is 27.7 Å². The van der Waals surface area contributed by atoms with Crippen molar-refractivity contribution in [1.29, 1.82) is 0 Å². The van der Waals surface area contributed by atoms with Gasteiger partial charge in [0.05, 0.1) is 11.0 Å². The van der Waals surface area contributed by atoms with Crippen LogP contribution in [0.25, 0.3) is 0 Å². The van der Waals surface area contributed by atoms with Gasteiger partial charge < -0.3 is 10.1 Å². The molecule has 9 heteroatoms. The second kappa shape index (κ2) is 9.80. The van der Waals surface area contributed by atoms with Crippen LogP contribution in [0.4, 0.5) is 10.2 Å². The van der Waals surface area contributed by atoms with E-state index in [9.17, 15) is 9.18 Å². The van der Waals surface area contributed by atoms with E-state index in [-0.39, 0.29) is 29.6 Å². The van der Waals surface area contributed by atoms with Gasteiger partial charge >= 0.3 is 0 Å². The molecule has 2 aromatic carbocycles. The fourth-order valence-electron chi connectivity index (χ4n) is 3.26. The summed E-state index contributed by atoms with van der Waals surface area (Å²) in [6, 6.07) is 15.7. The Morgan fingerprint density at radius 2 is 1.74 bits per heavy atom. The normalized spacial score (nSPS) is 11.4. The predicted molar refractivity (Wildman–Crippen MR) is 131 cm³/mol. The number of hydrogen-bond acceptors (Lipinski definition) is 4. The van der Waals surface area contributed by atoms with Gasteiger partial charge in [-0.1, -0.05) is 45.0 Å². The van der Waals surface area contributed by atoms with Crippen LogP contribution in [0.3, 0.4) is 0 Å². The highest BCUT2D eigenvalue weighted by atomic mass is 79.9. The molecule has 0 aliphatic heterocycles. The van der Waals surface area contributed by atoms with Gasteiger partial charge in [0, 0.05) is 12.4 Å². The summed E-state index contributed by atoms with van der Waals surface area (Å²) in [7, 11) is 0. The summed E-state index contributed by atoms with van der Waals surface area (Å²) in [5, 5.41) is 11.4. The number of ether oxygens (including phenoxy) is 1. The highest BCUT2D eigenvalue weighted by molar-refractivity contribution is 9.10. The fraction of sp³-hybridized carbons (Fsp3) is 0.240. The zero-order chi connectivity index (χ0) is 24.3. The van der Waals surface area contributed by atoms with Crippen molar-refractivity contribution in [3.8, 4) is 5.75 Å². The Bertz CT molecular complexity index is 1270. The van der Waals surface area contributed by atoms with Crippen molar-refractivity contribution in [3.05, 3.63) is 94.1 Å². The van der Waals surface area contributed by atoms with Gasteiger partial charge in [-0.05, 0) is 62.8 Å². The summed E-state index contributed by atoms with van der Waals surface area (Å²) in [5.41, 5.74) is 2.44. The summed E-state index contributed by atoms with van der Waals surface area (Å²) in [6.45, 7) is 7.10. The van der Waals surface area contributed by atoms with Gasteiger partial charge in [0.1, 0.15) is 11.6 Å². The lowest BCUT2D eigenvalue weighted by Crippen LogP contribution is -2.15. The van der Waals surface area contributed by atoms with Crippen LogP contribution in [0.1, 0.15) is 42.4 Å². The summed E-state index contributed by atoms with van der Waals surface area (Å²) in [6.07, 6.45) is 3.43. The summed E-state index contributed by atoms with van der Waals surface area (Å²) in [5.74, 6) is 0.421. The number of amides is 1. The molecule has 0 aliphatic rings. The molecule has 0 radical (unpaired) electrons. The van der Waals surface area contributed by atoms with Crippen LogP contribution in [-0.2, 0) is 18.7 Å². The van der Waals surface area contributed by atoms with Gasteiger partial charge in [-0.3, -0.25) is 9.48 Å². The molecule has 0 saturated carbocycles. The first-order valence-corrected chi connectivity index (χ1v) is 11.5. The Kier molecular flexibility index (Phi) is 6.83. The first-order valence-electron chi connectivity index (χ1n) is 10.7. The Balaban J connectivity index is 1.34. The summed E-state index contributed by atoms with van der Waals surface area (Å²) < 4.78 is 22.7. The van der Waals surface area contributed by atoms with E-state index in [4.69, 9.17) is 4.74 Å². The molecule has 4 rings (SSSR count). The number of carbonyl (C=O) groups excluding carboxylic acids is 1. The lowest BCUT2D eigenvalue weighted by Gasteiger charge is -2.19. The number of halogens is 2. The van der Waals surface area contributed by atoms with Gasteiger partial charge in [0.2, 0.25) is 0 Å². The molecule has 2 aromatic heterocycles. The van der Waals surface area contributed by atoms with Crippen molar-refractivity contribution in [2.24, 2.45) is 0 Å². The second-order valence-corrected chi connectivity index (χ2v) is 9.75. The second-order valence-electron chi connectivity index (χ2n) is 8.89. The highest BCUT2D eigenvalue weighted by Gasteiger charge is 2.15. The van der Waals surface area contributed by atoms with Gasteiger partial charge in [-0.25, -0.2) is 9.07 Å². The monoisotopic (exact) mass is 525 g/mol. The number of benzene rings is 2. The molecule has 7 nitrogen and oxygen atoms in total. The Morgan fingerprint density at radius 3 is 2.41 bits per heavy atom. The molecule has 1 amide bonds. The van der Waals surface area contributed by atoms with Crippen LogP contribution in [0.2, 0.25) is 0 Å². The van der Waals surface area contributed by atoms with Crippen LogP contribution >= 0.6 is 15.9 Å². The minimum absolute atomic E-state index is 0.0779. The van der Waals surface area contributed by atoms with E-state index in [0.717, 1.165) is 11.3 Å². The van der Waals surface area contributed by atoms with E-state index in [1.54, 1.807) is 40.0 Å². The van der Waals surface area contributed by atoms with Crippen LogP contribution in [-0.4, -0.2) is 25.5 Å². The Labute approximate surface area is 205 Å². The zero-order valence-corrected chi connectivity index (χ0v) is 20.7. The topological polar surface area (TPSA) is 74.0 Å². The molecule has 4 aromatic rings. The van der Waals surface area contributed by atoms with Gasteiger partial charge in [0.25, 0.3) is 5.91 Å². The molecular formula is C25H25BrFN5O2. The summed E-state index contributed by atoms with van der Waals surface area (Å²) in [4.78, 5) is 12.7. The van der Waals surface area contributed by atoms with E-state index >= 15 is 0 Å². The molecule has 0 spiro atoms. The predicted octanol–water partition coefficient (Wildman–Crippen LogP) is 5.62. The average molecular weight is 526 g/mol. The standard InChI is InChI=1S/C25H25BrFN5O2/c1-25(2,3)18-6-10-20(11-7-18)34-16-31-13-12-22(29-31)24(33)28-23-21(26)15-32(30-23)14-17-4-8-19(27)9-5-17/h4-13,15H,14,16H2,1-3H3,(H,28,30,33). The minimum atomic E-state index is -0.388. The number of hydrogen-bond donors (Lipinski definition) is 1. The Hall–Kier alpha value is -3.46. The number of rotatable bonds is 7. The number of carbonyl (C=O) groups is 1. The molecule has 176 valence electrons. The largest absolute Gasteiger partial charge is 0.471 e. The van der Waals surface area contributed by atoms with E-state index in [0.29, 0.717) is 16.8 Å². The third kappa shape index (κ3) is 5.91. The summed E-state index contributed by atoms with van der Waals surface area (Å²) >= 11 is 3.41. The third-order valence-corrected chi connectivity index (χ3v) is 5.74. The molecule has 0 fully saturated rings. The van der Waals surface area contributed by atoms with Gasteiger partial charge in [0.15, 0.2) is 18.2 Å². The van der Waals surface area contributed by atoms with Gasteiger partial charge in [-0.15, -0.1) is 0 Å². The van der Waals surface area contributed by atoms with Crippen molar-refractivity contribution < 1.29 is 13.9 Å². The van der Waals surface area contributed by atoms with E-state index in [1.807, 2.05) is 24.3 Å². The fourth-order valence-corrected chi connectivity index (χ4v) is 3.67. The molecule has 0 bridgehead atoms. The maximum atomic E-state index is 13.1. The first-order chi connectivity index (χ1) is 16.2. The van der Waals surface area contributed by atoms with Crippen LogP contribution in [0.5, 0.6) is 5.75 Å². The maximum Gasteiger partial charge on any atom is 0.277 e. The molecule has 1 N–H and O–H groups in total. The molecule has 0 saturated heterocycles. The number of anilines is 1. The molecule has 0 atom stereocenters. The smallest absolute Gasteiger partial charge is 0.277 e. The molecular weight excluding hydrogens is 501 g/mol. The number of aromatic nitrogens is 4. The van der Waals surface area contributed by atoms with Crippen molar-refractivity contribution in [1.82, 2.24) is 19.6 Å². The highest BCUT2D eigenvalue weighted by Crippen LogP contribution is 2.24. The van der Waals surface area contributed by atoms with E-state index in [1.165, 1.54) is 17.7 Å². The number of nitrogens with one attached hydrogen (secondary N) is 1. The van der Waals surface area contributed by atoms with Crippen LogP contribution in [0, 0.1) is 5.82 Å². The zero-order valence-electron chi connectivity index (χ0n) is 19.1. The average Bonchev–Trinajstić information content (AvgIpc) is 3.40. The van der Waals surface area contributed by atoms with Crippen LogP contribution in [0.15, 0.2) is 71.5 Å². The lowest BCUT2D eigenvalue weighted by molar-refractivity contribution is 0.101. The van der Waals surface area contributed by atoms with E-state index < -0.39 is 0 Å². The van der Waals surface area contributed by atoms with Crippen molar-refractivity contribution in [3.63, 3.8) is 0 Å².